The Morgan fingerprint density at radius 2 is 1.63 bits per heavy atom. The fraction of sp³-hybridized carbons (Fsp3) is 0.0909. The van der Waals surface area contributed by atoms with Gasteiger partial charge in [0.1, 0.15) is 5.82 Å². The van der Waals surface area contributed by atoms with E-state index in [1.54, 1.807) is 37.3 Å². The summed E-state index contributed by atoms with van der Waals surface area (Å²) in [6, 6.07) is 12.0. The van der Waals surface area contributed by atoms with Crippen LogP contribution in [0.4, 0.5) is 21.5 Å². The molecule has 0 aliphatic heterocycles. The van der Waals surface area contributed by atoms with Gasteiger partial charge in [0.15, 0.2) is 0 Å². The van der Waals surface area contributed by atoms with Crippen molar-refractivity contribution in [1.82, 2.24) is 4.98 Å². The molecule has 152 valence electrons. The molecule has 1 aromatic heterocycles. The van der Waals surface area contributed by atoms with Crippen LogP contribution in [0.2, 0.25) is 0 Å². The van der Waals surface area contributed by atoms with E-state index < -0.39 is 17.6 Å². The molecule has 30 heavy (non-hydrogen) atoms. The van der Waals surface area contributed by atoms with Crippen molar-refractivity contribution in [2.45, 2.75) is 13.8 Å². The third kappa shape index (κ3) is 4.85. The van der Waals surface area contributed by atoms with Crippen molar-refractivity contribution < 1.29 is 18.8 Å². The first kappa shape index (κ1) is 20.7. The van der Waals surface area contributed by atoms with Crippen LogP contribution in [-0.2, 0) is 4.79 Å². The van der Waals surface area contributed by atoms with Crippen molar-refractivity contribution in [3.05, 3.63) is 83.4 Å². The first-order chi connectivity index (χ1) is 14.3. The van der Waals surface area contributed by atoms with E-state index in [2.05, 4.69) is 20.9 Å². The second kappa shape index (κ2) is 8.95. The number of nitrogens with zero attached hydrogens (tertiary/aromatic N) is 1. The van der Waals surface area contributed by atoms with E-state index in [0.29, 0.717) is 16.8 Å². The van der Waals surface area contributed by atoms with Crippen LogP contribution in [0.25, 0.3) is 0 Å². The van der Waals surface area contributed by atoms with Gasteiger partial charge in [-0.1, -0.05) is 12.1 Å². The minimum atomic E-state index is -0.621. The molecule has 8 heteroatoms. The molecular formula is C22H19FN4O3. The highest BCUT2D eigenvalue weighted by Gasteiger charge is 2.17. The van der Waals surface area contributed by atoms with Crippen LogP contribution in [0.5, 0.6) is 0 Å². The average molecular weight is 406 g/mol. The van der Waals surface area contributed by atoms with Gasteiger partial charge in [-0.25, -0.2) is 4.39 Å². The molecule has 3 rings (SSSR count). The molecule has 0 aliphatic rings. The minimum absolute atomic E-state index is 0.0456. The second-order valence-corrected chi connectivity index (χ2v) is 6.52. The molecule has 3 amide bonds. The monoisotopic (exact) mass is 406 g/mol. The largest absolute Gasteiger partial charge is 0.324 e. The number of pyridine rings is 1. The van der Waals surface area contributed by atoms with Crippen LogP contribution >= 0.6 is 0 Å². The van der Waals surface area contributed by atoms with Crippen molar-refractivity contribution in [1.29, 1.82) is 0 Å². The Bertz CT molecular complexity index is 1120. The summed E-state index contributed by atoms with van der Waals surface area (Å²) >= 11 is 0. The fourth-order valence-electron chi connectivity index (χ4n) is 2.80. The smallest absolute Gasteiger partial charge is 0.257 e. The lowest BCUT2D eigenvalue weighted by Crippen LogP contribution is -2.19. The summed E-state index contributed by atoms with van der Waals surface area (Å²) in [6.07, 6.45) is 3.00. The molecule has 2 aromatic carbocycles. The molecule has 3 aromatic rings. The number of amides is 3. The van der Waals surface area contributed by atoms with Gasteiger partial charge in [-0.3, -0.25) is 19.4 Å². The second-order valence-electron chi connectivity index (χ2n) is 6.52. The summed E-state index contributed by atoms with van der Waals surface area (Å²) < 4.78 is 13.8. The number of halogens is 1. The summed E-state index contributed by atoms with van der Waals surface area (Å²) in [7, 11) is 0. The standard InChI is InChI=1S/C22H19FN4O3/c1-13-4-3-5-17(20(13)27-21(29)15-8-10-24-11-9-15)22(30)26-16-6-7-18(23)19(12-16)25-14(2)28/h3-12H,1-2H3,(H,25,28)(H,26,30)(H,27,29). The predicted octanol–water partition coefficient (Wildman–Crippen LogP) is 3.99. The van der Waals surface area contributed by atoms with Gasteiger partial charge in [0.2, 0.25) is 5.91 Å². The first-order valence-corrected chi connectivity index (χ1v) is 9.04. The number of benzene rings is 2. The Hall–Kier alpha value is -4.07. The Balaban J connectivity index is 1.86. The Morgan fingerprint density at radius 3 is 2.33 bits per heavy atom. The molecule has 3 N–H and O–H groups in total. The van der Waals surface area contributed by atoms with E-state index >= 15 is 0 Å². The zero-order valence-corrected chi connectivity index (χ0v) is 16.3. The minimum Gasteiger partial charge on any atom is -0.324 e. The zero-order chi connectivity index (χ0) is 21.7. The Kier molecular flexibility index (Phi) is 6.17. The summed E-state index contributed by atoms with van der Waals surface area (Å²) in [6.45, 7) is 3.03. The lowest BCUT2D eigenvalue weighted by Gasteiger charge is -2.15. The lowest BCUT2D eigenvalue weighted by atomic mass is 10.1. The van der Waals surface area contributed by atoms with Gasteiger partial charge in [0, 0.05) is 30.6 Å². The van der Waals surface area contributed by atoms with Crippen LogP contribution in [0.1, 0.15) is 33.2 Å². The number of rotatable bonds is 5. The van der Waals surface area contributed by atoms with E-state index in [9.17, 15) is 18.8 Å². The summed E-state index contributed by atoms with van der Waals surface area (Å²) in [5.41, 5.74) is 1.94. The van der Waals surface area contributed by atoms with Crippen LogP contribution in [0.15, 0.2) is 60.9 Å². The Morgan fingerprint density at radius 1 is 0.900 bits per heavy atom. The average Bonchev–Trinajstić information content (AvgIpc) is 2.72. The van der Waals surface area contributed by atoms with Gasteiger partial charge in [-0.05, 0) is 48.9 Å². The summed E-state index contributed by atoms with van der Waals surface area (Å²) in [5.74, 6) is -1.93. The fourth-order valence-corrected chi connectivity index (χ4v) is 2.80. The highest BCUT2D eigenvalue weighted by atomic mass is 19.1. The number of aryl methyl sites for hydroxylation is 1. The molecule has 0 aliphatic carbocycles. The molecule has 1 heterocycles. The maximum atomic E-state index is 13.8. The van der Waals surface area contributed by atoms with Crippen LogP contribution < -0.4 is 16.0 Å². The number of carbonyl (C=O) groups excluding carboxylic acids is 3. The van der Waals surface area contributed by atoms with E-state index in [0.717, 1.165) is 6.07 Å². The maximum Gasteiger partial charge on any atom is 0.257 e. The maximum absolute atomic E-state index is 13.8. The lowest BCUT2D eigenvalue weighted by molar-refractivity contribution is -0.114. The predicted molar refractivity (Wildman–Crippen MR) is 112 cm³/mol. The van der Waals surface area contributed by atoms with E-state index in [1.807, 2.05) is 0 Å². The number of carbonyl (C=O) groups is 3. The van der Waals surface area contributed by atoms with Gasteiger partial charge in [0.25, 0.3) is 11.8 Å². The number of aromatic nitrogens is 1. The highest BCUT2D eigenvalue weighted by molar-refractivity contribution is 6.13. The van der Waals surface area contributed by atoms with E-state index in [1.165, 1.54) is 31.5 Å². The molecule has 0 radical (unpaired) electrons. The molecule has 0 atom stereocenters. The number of para-hydroxylation sites is 1. The molecule has 0 unspecified atom stereocenters. The molecule has 0 bridgehead atoms. The van der Waals surface area contributed by atoms with Crippen LogP contribution in [-0.4, -0.2) is 22.7 Å². The van der Waals surface area contributed by atoms with Crippen molar-refractivity contribution >= 4 is 34.8 Å². The topological polar surface area (TPSA) is 100 Å². The number of hydrogen-bond acceptors (Lipinski definition) is 4. The van der Waals surface area contributed by atoms with Gasteiger partial charge < -0.3 is 16.0 Å². The Labute approximate surface area is 172 Å². The van der Waals surface area contributed by atoms with Crippen molar-refractivity contribution in [2.75, 3.05) is 16.0 Å². The van der Waals surface area contributed by atoms with Crippen LogP contribution in [0, 0.1) is 12.7 Å². The van der Waals surface area contributed by atoms with Crippen molar-refractivity contribution in [2.24, 2.45) is 0 Å². The van der Waals surface area contributed by atoms with Gasteiger partial charge in [-0.15, -0.1) is 0 Å². The number of nitrogens with one attached hydrogen (secondary N) is 3. The van der Waals surface area contributed by atoms with Gasteiger partial charge >= 0.3 is 0 Å². The van der Waals surface area contributed by atoms with Gasteiger partial charge in [-0.2, -0.15) is 0 Å². The molecule has 0 fully saturated rings. The molecule has 0 saturated heterocycles. The van der Waals surface area contributed by atoms with Crippen molar-refractivity contribution in [3.63, 3.8) is 0 Å². The SMILES string of the molecule is CC(=O)Nc1cc(NC(=O)c2cccc(C)c2NC(=O)c2ccncc2)ccc1F. The normalized spacial score (nSPS) is 10.2. The third-order valence-electron chi connectivity index (χ3n) is 4.23. The summed E-state index contributed by atoms with van der Waals surface area (Å²) in [4.78, 5) is 40.5. The van der Waals surface area contributed by atoms with E-state index in [-0.39, 0.29) is 22.8 Å². The summed E-state index contributed by atoms with van der Waals surface area (Å²) in [5, 5.41) is 7.79. The first-order valence-electron chi connectivity index (χ1n) is 9.04. The highest BCUT2D eigenvalue weighted by Crippen LogP contribution is 2.24. The van der Waals surface area contributed by atoms with Crippen LogP contribution in [0.3, 0.4) is 0 Å². The molecule has 0 saturated carbocycles. The van der Waals surface area contributed by atoms with Crippen molar-refractivity contribution in [3.8, 4) is 0 Å². The molecular weight excluding hydrogens is 387 g/mol. The zero-order valence-electron chi connectivity index (χ0n) is 16.3. The molecule has 7 nitrogen and oxygen atoms in total. The quantitative estimate of drug-likeness (QED) is 0.596. The number of anilines is 3. The van der Waals surface area contributed by atoms with Gasteiger partial charge in [0.05, 0.1) is 16.9 Å². The molecule has 0 spiro atoms. The number of hydrogen-bond donors (Lipinski definition) is 3. The third-order valence-corrected chi connectivity index (χ3v) is 4.23. The van der Waals surface area contributed by atoms with E-state index in [4.69, 9.17) is 0 Å².